The van der Waals surface area contributed by atoms with Gasteiger partial charge < -0.3 is 14.2 Å². The highest BCUT2D eigenvalue weighted by molar-refractivity contribution is 5.71. The Morgan fingerprint density at radius 1 is 0.282 bits per heavy atom. The van der Waals surface area contributed by atoms with Gasteiger partial charge in [-0.15, -0.1) is 0 Å². The van der Waals surface area contributed by atoms with Crippen LogP contribution in [0.15, 0.2) is 60.8 Å². The predicted molar refractivity (Wildman–Crippen MR) is 307 cm³/mol. The van der Waals surface area contributed by atoms with Gasteiger partial charge in [0.25, 0.3) is 0 Å². The van der Waals surface area contributed by atoms with Crippen LogP contribution in [0.3, 0.4) is 0 Å². The lowest BCUT2D eigenvalue weighted by atomic mass is 10.0. The van der Waals surface area contributed by atoms with E-state index in [4.69, 9.17) is 14.2 Å². The van der Waals surface area contributed by atoms with E-state index in [1.165, 1.54) is 193 Å². The van der Waals surface area contributed by atoms with E-state index in [0.29, 0.717) is 19.3 Å². The van der Waals surface area contributed by atoms with Crippen molar-refractivity contribution in [3.8, 4) is 0 Å². The minimum absolute atomic E-state index is 0.0789. The fraction of sp³-hybridized carbons (Fsp3) is 0.800. The molecule has 0 N–H and O–H groups in total. The molecule has 0 aromatic carbocycles. The third-order valence-corrected chi connectivity index (χ3v) is 13.5. The summed E-state index contributed by atoms with van der Waals surface area (Å²) in [4.78, 5) is 38.2. The van der Waals surface area contributed by atoms with E-state index in [9.17, 15) is 14.4 Å². The van der Waals surface area contributed by atoms with Gasteiger partial charge in [0.15, 0.2) is 6.10 Å². The molecular weight excluding hydrogens is 877 g/mol. The summed E-state index contributed by atoms with van der Waals surface area (Å²) in [5.74, 6) is -0.885. The Kier molecular flexibility index (Phi) is 57.2. The van der Waals surface area contributed by atoms with Gasteiger partial charge in [-0.1, -0.05) is 255 Å². The van der Waals surface area contributed by atoms with Crippen LogP contribution in [0.1, 0.15) is 316 Å². The number of unbranched alkanes of at least 4 members (excludes halogenated alkanes) is 35. The molecule has 0 spiro atoms. The van der Waals surface area contributed by atoms with Crippen molar-refractivity contribution in [2.24, 2.45) is 0 Å². The third-order valence-electron chi connectivity index (χ3n) is 13.5. The average molecular weight is 994 g/mol. The molecule has 0 aromatic rings. The smallest absolute Gasteiger partial charge is 0.306 e. The lowest BCUT2D eigenvalue weighted by Gasteiger charge is -2.18. The van der Waals surface area contributed by atoms with Crippen molar-refractivity contribution in [1.29, 1.82) is 0 Å². The predicted octanol–water partition coefficient (Wildman–Crippen LogP) is 20.8. The molecule has 0 amide bonds. The van der Waals surface area contributed by atoms with Gasteiger partial charge in [-0.25, -0.2) is 0 Å². The first kappa shape index (κ1) is 68.1. The zero-order valence-corrected chi connectivity index (χ0v) is 47.2. The van der Waals surface area contributed by atoms with Crippen molar-refractivity contribution in [1.82, 2.24) is 0 Å². The van der Waals surface area contributed by atoms with Gasteiger partial charge in [0, 0.05) is 19.3 Å². The summed E-state index contributed by atoms with van der Waals surface area (Å²) in [7, 11) is 0. The molecule has 0 aromatic heterocycles. The second kappa shape index (κ2) is 59.7. The number of allylic oxidation sites excluding steroid dienone is 10. The Labute approximate surface area is 440 Å². The van der Waals surface area contributed by atoms with Crippen molar-refractivity contribution in [3.63, 3.8) is 0 Å². The summed E-state index contributed by atoms with van der Waals surface area (Å²) in [6.45, 7) is 6.58. The second-order valence-corrected chi connectivity index (χ2v) is 20.6. The fourth-order valence-electron chi connectivity index (χ4n) is 8.78. The zero-order valence-electron chi connectivity index (χ0n) is 47.2. The SMILES string of the molecule is CCCC/C=C\CCCCCCCC(=O)OCC(COC(=O)CCCCCCCCCCCCCCC/C=C\C/C=C\CCCCCCC)OC(=O)CCCCCCCCC/C=C\C/C=C\CCCCC. The highest BCUT2D eigenvalue weighted by Gasteiger charge is 2.19. The van der Waals surface area contributed by atoms with E-state index < -0.39 is 6.10 Å². The normalized spacial score (nSPS) is 12.4. The Hall–Kier alpha value is -2.89. The van der Waals surface area contributed by atoms with Gasteiger partial charge in [-0.05, 0) is 103 Å². The van der Waals surface area contributed by atoms with Crippen LogP contribution in [-0.2, 0) is 28.6 Å². The van der Waals surface area contributed by atoms with E-state index in [1.807, 2.05) is 0 Å². The molecule has 0 saturated heterocycles. The van der Waals surface area contributed by atoms with Crippen LogP contribution in [0.25, 0.3) is 0 Å². The Bertz CT molecular complexity index is 1280. The van der Waals surface area contributed by atoms with Gasteiger partial charge in [-0.3, -0.25) is 14.4 Å². The van der Waals surface area contributed by atoms with E-state index in [-0.39, 0.29) is 31.1 Å². The first-order valence-corrected chi connectivity index (χ1v) is 30.8. The maximum atomic E-state index is 12.9. The minimum Gasteiger partial charge on any atom is -0.462 e. The first-order valence-electron chi connectivity index (χ1n) is 30.8. The number of esters is 3. The van der Waals surface area contributed by atoms with E-state index >= 15 is 0 Å². The number of carbonyl (C=O) groups is 3. The molecule has 0 rings (SSSR count). The summed E-state index contributed by atoms with van der Waals surface area (Å²) in [5, 5.41) is 0. The van der Waals surface area contributed by atoms with Crippen LogP contribution in [0.4, 0.5) is 0 Å². The number of hydrogen-bond acceptors (Lipinski definition) is 6. The maximum Gasteiger partial charge on any atom is 0.306 e. The second-order valence-electron chi connectivity index (χ2n) is 20.6. The molecule has 6 nitrogen and oxygen atoms in total. The van der Waals surface area contributed by atoms with Crippen molar-refractivity contribution in [2.45, 2.75) is 322 Å². The standard InChI is InChI=1S/C65H116O6/c1-4-7-10-13-16-19-22-24-26-28-29-30-31-32-33-34-35-37-38-40-43-46-49-52-55-58-64(67)70-61-62(60-69-63(66)57-54-51-48-45-42-21-18-15-12-9-6-3)71-65(68)59-56-53-50-47-44-41-39-36-27-25-23-20-17-14-11-8-5-2/h15,17-18,20,22,24-25,27-29,62H,4-14,16,19,21,23,26,30-61H2,1-3H3/b18-15-,20-17-,24-22-,27-25-,29-28-. The Morgan fingerprint density at radius 2 is 0.521 bits per heavy atom. The van der Waals surface area contributed by atoms with Gasteiger partial charge >= 0.3 is 17.9 Å². The molecule has 0 bridgehead atoms. The number of carbonyl (C=O) groups excluding carboxylic acids is 3. The summed E-state index contributed by atoms with van der Waals surface area (Å²) in [6.07, 6.45) is 75.1. The van der Waals surface area contributed by atoms with Crippen LogP contribution in [-0.4, -0.2) is 37.2 Å². The van der Waals surface area contributed by atoms with E-state index in [0.717, 1.165) is 83.5 Å². The Balaban J connectivity index is 4.25. The monoisotopic (exact) mass is 993 g/mol. The summed E-state index contributed by atoms with van der Waals surface area (Å²) < 4.78 is 16.9. The molecule has 1 unspecified atom stereocenters. The highest BCUT2D eigenvalue weighted by atomic mass is 16.6. The van der Waals surface area contributed by atoms with Crippen molar-refractivity contribution < 1.29 is 28.6 Å². The van der Waals surface area contributed by atoms with Gasteiger partial charge in [0.05, 0.1) is 0 Å². The molecule has 0 radical (unpaired) electrons. The quantitative estimate of drug-likeness (QED) is 0.0261. The van der Waals surface area contributed by atoms with Crippen molar-refractivity contribution in [3.05, 3.63) is 60.8 Å². The largest absolute Gasteiger partial charge is 0.462 e. The molecule has 0 fully saturated rings. The van der Waals surface area contributed by atoms with Gasteiger partial charge in [0.1, 0.15) is 13.2 Å². The average Bonchev–Trinajstić information content (AvgIpc) is 3.37. The molecule has 412 valence electrons. The van der Waals surface area contributed by atoms with E-state index in [1.54, 1.807) is 0 Å². The molecule has 0 aliphatic carbocycles. The summed E-state index contributed by atoms with van der Waals surface area (Å²) >= 11 is 0. The summed E-state index contributed by atoms with van der Waals surface area (Å²) in [6, 6.07) is 0. The molecule has 0 heterocycles. The fourth-order valence-corrected chi connectivity index (χ4v) is 8.78. The number of ether oxygens (including phenoxy) is 3. The third kappa shape index (κ3) is 57.9. The lowest BCUT2D eigenvalue weighted by Crippen LogP contribution is -2.30. The molecule has 6 heteroatoms. The topological polar surface area (TPSA) is 78.9 Å². The number of rotatable bonds is 56. The number of hydrogen-bond donors (Lipinski definition) is 0. The van der Waals surface area contributed by atoms with Gasteiger partial charge in [0.2, 0.25) is 0 Å². The van der Waals surface area contributed by atoms with Crippen molar-refractivity contribution in [2.75, 3.05) is 13.2 Å². The summed E-state index contributed by atoms with van der Waals surface area (Å²) in [5.41, 5.74) is 0. The van der Waals surface area contributed by atoms with Crippen LogP contribution in [0, 0.1) is 0 Å². The molecule has 1 atom stereocenters. The maximum absolute atomic E-state index is 12.9. The van der Waals surface area contributed by atoms with Crippen LogP contribution in [0.2, 0.25) is 0 Å². The highest BCUT2D eigenvalue weighted by Crippen LogP contribution is 2.16. The minimum atomic E-state index is -0.781. The van der Waals surface area contributed by atoms with Crippen molar-refractivity contribution >= 4 is 17.9 Å². The van der Waals surface area contributed by atoms with E-state index in [2.05, 4.69) is 81.5 Å². The lowest BCUT2D eigenvalue weighted by molar-refractivity contribution is -0.167. The molecule has 0 saturated carbocycles. The van der Waals surface area contributed by atoms with Crippen LogP contribution >= 0.6 is 0 Å². The van der Waals surface area contributed by atoms with Gasteiger partial charge in [-0.2, -0.15) is 0 Å². The zero-order chi connectivity index (χ0) is 51.4. The molecule has 0 aliphatic rings. The molecule has 0 aliphatic heterocycles. The first-order chi connectivity index (χ1) is 35.0. The molecule has 71 heavy (non-hydrogen) atoms. The Morgan fingerprint density at radius 3 is 0.859 bits per heavy atom. The van der Waals surface area contributed by atoms with Crippen LogP contribution in [0.5, 0.6) is 0 Å². The molecular formula is C65H116O6. The van der Waals surface area contributed by atoms with Crippen LogP contribution < -0.4 is 0 Å².